The van der Waals surface area contributed by atoms with E-state index in [0.717, 1.165) is 5.56 Å². The summed E-state index contributed by atoms with van der Waals surface area (Å²) in [5.41, 5.74) is 1.94. The lowest BCUT2D eigenvalue weighted by Gasteiger charge is -2.08. The maximum atomic E-state index is 13.2. The number of halogens is 2. The zero-order chi connectivity index (χ0) is 17.3. The molecule has 3 aromatic rings. The minimum absolute atomic E-state index is 0.108. The molecule has 0 radical (unpaired) electrons. The van der Waals surface area contributed by atoms with Crippen molar-refractivity contribution >= 4 is 61.5 Å². The van der Waals surface area contributed by atoms with E-state index in [1.54, 1.807) is 24.3 Å². The van der Waals surface area contributed by atoms with Crippen LogP contribution in [-0.4, -0.2) is 16.0 Å². The number of rotatable bonds is 2. The summed E-state index contributed by atoms with van der Waals surface area (Å²) in [7, 11) is 0. The first kappa shape index (κ1) is 16.8. The van der Waals surface area contributed by atoms with E-state index in [0.29, 0.717) is 25.9 Å². The molecule has 24 heavy (non-hydrogen) atoms. The van der Waals surface area contributed by atoms with Gasteiger partial charge >= 0.3 is 0 Å². The molecule has 3 rings (SSSR count). The van der Waals surface area contributed by atoms with Gasteiger partial charge in [0.2, 0.25) is 0 Å². The Hall–Kier alpha value is -2.09. The molecule has 1 amide bonds. The molecule has 0 saturated carbocycles. The molecule has 4 nitrogen and oxygen atoms in total. The van der Waals surface area contributed by atoms with Crippen LogP contribution in [0.5, 0.6) is 0 Å². The summed E-state index contributed by atoms with van der Waals surface area (Å²) in [6.07, 6.45) is 0. The third-order valence-corrected chi connectivity index (χ3v) is 4.78. The fourth-order valence-corrected chi connectivity index (χ4v) is 3.32. The van der Waals surface area contributed by atoms with Crippen molar-refractivity contribution in [1.29, 1.82) is 0 Å². The van der Waals surface area contributed by atoms with Crippen LogP contribution in [0.25, 0.3) is 10.2 Å². The van der Waals surface area contributed by atoms with Crippen LogP contribution in [-0.2, 0) is 0 Å². The smallest absolute Gasteiger partial charge is 0.257 e. The predicted molar refractivity (Wildman–Crippen MR) is 99.5 cm³/mol. The molecule has 0 spiro atoms. The van der Waals surface area contributed by atoms with Crippen molar-refractivity contribution in [3.63, 3.8) is 0 Å². The Morgan fingerprint density at radius 3 is 2.83 bits per heavy atom. The third-order valence-electron chi connectivity index (χ3n) is 3.23. The second-order valence-corrected chi connectivity index (χ2v) is 6.85. The quantitative estimate of drug-likeness (QED) is 0.642. The Morgan fingerprint density at radius 1 is 1.29 bits per heavy atom. The molecule has 0 bridgehead atoms. The van der Waals surface area contributed by atoms with Gasteiger partial charge in [0.25, 0.3) is 5.91 Å². The minimum Gasteiger partial charge on any atom is -0.308 e. The zero-order valence-corrected chi connectivity index (χ0v) is 14.8. The van der Waals surface area contributed by atoms with Crippen LogP contribution in [0.2, 0.25) is 5.02 Å². The highest BCUT2D eigenvalue weighted by Gasteiger charge is 2.11. The van der Waals surface area contributed by atoms with Crippen LogP contribution in [0.4, 0.5) is 9.52 Å². The van der Waals surface area contributed by atoms with Gasteiger partial charge < -0.3 is 5.32 Å². The number of amides is 1. The van der Waals surface area contributed by atoms with E-state index in [1.807, 2.05) is 6.92 Å². The maximum absolute atomic E-state index is 13.2. The number of anilines is 1. The molecule has 2 N–H and O–H groups in total. The first-order valence-corrected chi connectivity index (χ1v) is 8.47. The Morgan fingerprint density at radius 2 is 2.08 bits per heavy atom. The molecule has 1 heterocycles. The maximum Gasteiger partial charge on any atom is 0.257 e. The number of aryl methyl sites for hydroxylation is 1. The summed E-state index contributed by atoms with van der Waals surface area (Å²) in [5.74, 6) is -0.702. The Labute approximate surface area is 151 Å². The number of carbonyl (C=O) groups excluding carboxylic acids is 1. The molecule has 8 heteroatoms. The first-order chi connectivity index (χ1) is 11.4. The fraction of sp³-hybridized carbons (Fsp3) is 0.0625. The summed E-state index contributed by atoms with van der Waals surface area (Å²) >= 11 is 12.4. The van der Waals surface area contributed by atoms with E-state index in [2.05, 4.69) is 15.6 Å². The molecule has 0 saturated heterocycles. The number of nitrogens with one attached hydrogen (secondary N) is 2. The van der Waals surface area contributed by atoms with Crippen molar-refractivity contribution in [3.05, 3.63) is 58.4 Å². The SMILES string of the molecule is Cc1ccc(C(=O)NC(=S)Nc2nc3ccc(F)cc3s2)cc1Cl. The summed E-state index contributed by atoms with van der Waals surface area (Å²) < 4.78 is 13.9. The average Bonchev–Trinajstić information content (AvgIpc) is 2.90. The van der Waals surface area contributed by atoms with Gasteiger partial charge in [-0.3, -0.25) is 10.1 Å². The van der Waals surface area contributed by atoms with Crippen LogP contribution in [0.3, 0.4) is 0 Å². The molecule has 0 fully saturated rings. The highest BCUT2D eigenvalue weighted by molar-refractivity contribution is 7.80. The van der Waals surface area contributed by atoms with Crippen LogP contribution in [0, 0.1) is 12.7 Å². The molecule has 2 aromatic carbocycles. The third kappa shape index (κ3) is 3.69. The van der Waals surface area contributed by atoms with Gasteiger partial charge in [0, 0.05) is 10.6 Å². The van der Waals surface area contributed by atoms with Gasteiger partial charge in [-0.15, -0.1) is 0 Å². The van der Waals surface area contributed by atoms with Gasteiger partial charge in [0.15, 0.2) is 10.2 Å². The van der Waals surface area contributed by atoms with Gasteiger partial charge in [0.1, 0.15) is 5.82 Å². The van der Waals surface area contributed by atoms with E-state index in [1.165, 1.54) is 23.5 Å². The van der Waals surface area contributed by atoms with Crippen molar-refractivity contribution in [2.45, 2.75) is 6.92 Å². The van der Waals surface area contributed by atoms with Crippen LogP contribution < -0.4 is 10.6 Å². The zero-order valence-electron chi connectivity index (χ0n) is 12.4. The van der Waals surface area contributed by atoms with Crippen LogP contribution in [0.1, 0.15) is 15.9 Å². The monoisotopic (exact) mass is 379 g/mol. The summed E-state index contributed by atoms with van der Waals surface area (Å²) in [6.45, 7) is 1.85. The number of fused-ring (bicyclic) bond motifs is 1. The number of aromatic nitrogens is 1. The molecule has 0 aliphatic heterocycles. The number of benzene rings is 2. The lowest BCUT2D eigenvalue weighted by molar-refractivity contribution is 0.0977. The largest absolute Gasteiger partial charge is 0.308 e. The van der Waals surface area contributed by atoms with Gasteiger partial charge in [-0.2, -0.15) is 0 Å². The second-order valence-electron chi connectivity index (χ2n) is 5.00. The molecule has 122 valence electrons. The normalized spacial score (nSPS) is 10.6. The molecule has 0 aliphatic rings. The van der Waals surface area contributed by atoms with Crippen molar-refractivity contribution in [1.82, 2.24) is 10.3 Å². The number of thiocarbonyl (C=S) groups is 1. The molecular formula is C16H11ClFN3OS2. The van der Waals surface area contributed by atoms with Gasteiger partial charge in [-0.05, 0) is 55.0 Å². The van der Waals surface area contributed by atoms with Crippen LogP contribution >= 0.6 is 35.2 Å². The first-order valence-electron chi connectivity index (χ1n) is 6.87. The summed E-state index contributed by atoms with van der Waals surface area (Å²) in [5, 5.41) is 6.48. The van der Waals surface area contributed by atoms with E-state index >= 15 is 0 Å². The highest BCUT2D eigenvalue weighted by Crippen LogP contribution is 2.26. The average molecular weight is 380 g/mol. The van der Waals surface area contributed by atoms with Gasteiger partial charge in [-0.1, -0.05) is 29.0 Å². The summed E-state index contributed by atoms with van der Waals surface area (Å²) in [6, 6.07) is 9.33. The predicted octanol–water partition coefficient (Wildman–Crippen LogP) is 4.52. The molecule has 0 atom stereocenters. The molecule has 1 aromatic heterocycles. The van der Waals surface area contributed by atoms with E-state index in [-0.39, 0.29) is 16.8 Å². The lowest BCUT2D eigenvalue weighted by Crippen LogP contribution is -2.34. The van der Waals surface area contributed by atoms with Crippen LogP contribution in [0.15, 0.2) is 36.4 Å². The molecule has 0 unspecified atom stereocenters. The number of hydrogen-bond acceptors (Lipinski definition) is 4. The number of hydrogen-bond donors (Lipinski definition) is 2. The standard InChI is InChI=1S/C16H11ClFN3OS2/c1-8-2-3-9(6-11(8)17)14(22)20-15(23)21-16-19-12-5-4-10(18)7-13(12)24-16/h2-7H,1H3,(H2,19,20,21,22,23). The van der Waals surface area contributed by atoms with Crippen molar-refractivity contribution in [3.8, 4) is 0 Å². The van der Waals surface area contributed by atoms with Crippen molar-refractivity contribution in [2.75, 3.05) is 5.32 Å². The number of carbonyl (C=O) groups is 1. The lowest BCUT2D eigenvalue weighted by atomic mass is 10.1. The van der Waals surface area contributed by atoms with Crippen molar-refractivity contribution < 1.29 is 9.18 Å². The topological polar surface area (TPSA) is 54.0 Å². The second kappa shape index (κ2) is 6.80. The Kier molecular flexibility index (Phi) is 4.75. The van der Waals surface area contributed by atoms with Gasteiger partial charge in [0.05, 0.1) is 10.2 Å². The highest BCUT2D eigenvalue weighted by atomic mass is 35.5. The number of thiazole rings is 1. The Balaban J connectivity index is 1.69. The molecular weight excluding hydrogens is 369 g/mol. The molecule has 0 aliphatic carbocycles. The summed E-state index contributed by atoms with van der Waals surface area (Å²) in [4.78, 5) is 16.4. The number of nitrogens with zero attached hydrogens (tertiary/aromatic N) is 1. The van der Waals surface area contributed by atoms with E-state index in [4.69, 9.17) is 23.8 Å². The van der Waals surface area contributed by atoms with E-state index in [9.17, 15) is 9.18 Å². The van der Waals surface area contributed by atoms with Gasteiger partial charge in [-0.25, -0.2) is 9.37 Å². The Bertz CT molecular complexity index is 958. The van der Waals surface area contributed by atoms with Crippen molar-refractivity contribution in [2.24, 2.45) is 0 Å². The minimum atomic E-state index is -0.374. The van der Waals surface area contributed by atoms with E-state index < -0.39 is 0 Å². The fourth-order valence-electron chi connectivity index (χ4n) is 1.99.